The molecule has 13 heavy (non-hydrogen) atoms. The maximum Gasteiger partial charge on any atom is -1.00 e. The number of hydrogen-bond acceptors (Lipinski definition) is 0. The maximum atomic E-state index is 2.77. The fourth-order valence-electron chi connectivity index (χ4n) is 1.12. The van der Waals surface area contributed by atoms with Gasteiger partial charge in [0, 0.05) is 0 Å². The van der Waals surface area contributed by atoms with Crippen LogP contribution in [0.2, 0.25) is 5.28 Å². The van der Waals surface area contributed by atoms with Crippen molar-refractivity contribution in [1.82, 2.24) is 0 Å². The Hall–Kier alpha value is 0.332. The Morgan fingerprint density at radius 3 is 2.08 bits per heavy atom. The van der Waals surface area contributed by atoms with Gasteiger partial charge in [0.2, 0.25) is 0 Å². The van der Waals surface area contributed by atoms with Crippen molar-refractivity contribution in [2.75, 3.05) is 0 Å². The molecule has 0 aliphatic carbocycles. The minimum Gasteiger partial charge on any atom is -1.00 e. The molecule has 0 aromatic heterocycles. The molecule has 0 amide bonds. The Bertz CT molecular complexity index is 189. The summed E-state index contributed by atoms with van der Waals surface area (Å²) in [6, 6.07) is 10.7. The first-order valence-corrected chi connectivity index (χ1v) is 4.99. The van der Waals surface area contributed by atoms with Crippen LogP contribution in [0.25, 0.3) is 0 Å². The standard InChI is InChI=1S/C10H13.Al.2ClH/c1-2-3-7-10-8-5-4-6-9-10;;;/h4-6,8-9H,1-3,7H2;;2*1H/q;+2;;/p-2. The van der Waals surface area contributed by atoms with E-state index in [-0.39, 0.29) is 24.8 Å². The zero-order valence-corrected chi connectivity index (χ0v) is 10.2. The van der Waals surface area contributed by atoms with Gasteiger partial charge in [0.15, 0.2) is 0 Å². The number of benzene rings is 1. The summed E-state index contributed by atoms with van der Waals surface area (Å²) < 4.78 is 0. The fraction of sp³-hybridized carbons (Fsp3) is 0.400. The topological polar surface area (TPSA) is 0 Å². The van der Waals surface area contributed by atoms with E-state index in [0.29, 0.717) is 0 Å². The minimum atomic E-state index is 0. The molecule has 0 aliphatic heterocycles. The van der Waals surface area contributed by atoms with Gasteiger partial charge in [-0.2, -0.15) is 0 Å². The molecule has 0 heterocycles. The van der Waals surface area contributed by atoms with Crippen LogP contribution in [-0.4, -0.2) is 16.3 Å². The third-order valence-electron chi connectivity index (χ3n) is 1.76. The smallest absolute Gasteiger partial charge is 1.00 e. The second-order valence-corrected chi connectivity index (χ2v) is 3.31. The summed E-state index contributed by atoms with van der Waals surface area (Å²) in [5.74, 6) is 0. The zero-order chi connectivity index (χ0) is 7.94. The molecule has 0 N–H and O–H groups in total. The van der Waals surface area contributed by atoms with Crippen molar-refractivity contribution in [3.8, 4) is 0 Å². The molecule has 1 aromatic rings. The second-order valence-electron chi connectivity index (χ2n) is 2.73. The van der Waals surface area contributed by atoms with Gasteiger partial charge < -0.3 is 24.8 Å². The fourth-order valence-corrected chi connectivity index (χ4v) is 1.41. The monoisotopic (exact) mass is 230 g/mol. The molecular weight excluding hydrogens is 218 g/mol. The number of unbranched alkanes of at least 4 members (excludes halogenated alkanes) is 1. The Labute approximate surface area is 101 Å². The van der Waals surface area contributed by atoms with Crippen molar-refractivity contribution in [3.05, 3.63) is 35.9 Å². The summed E-state index contributed by atoms with van der Waals surface area (Å²) in [5.41, 5.74) is 1.46. The van der Waals surface area contributed by atoms with Gasteiger partial charge in [-0.1, -0.05) is 0 Å². The third-order valence-corrected chi connectivity index (χ3v) is 2.17. The molecule has 0 saturated heterocycles. The molecule has 70 valence electrons. The van der Waals surface area contributed by atoms with E-state index >= 15 is 0 Å². The molecule has 3 heteroatoms. The summed E-state index contributed by atoms with van der Waals surface area (Å²) in [5, 5.41) is 1.23. The van der Waals surface area contributed by atoms with E-state index in [1.54, 1.807) is 0 Å². The summed E-state index contributed by atoms with van der Waals surface area (Å²) >= 11 is 2.77. The molecular formula is C10H13AlCl2. The van der Waals surface area contributed by atoms with E-state index in [2.05, 4.69) is 46.6 Å². The molecule has 0 radical (unpaired) electrons. The molecule has 0 nitrogen and oxygen atoms in total. The summed E-state index contributed by atoms with van der Waals surface area (Å²) in [6.07, 6.45) is 3.86. The minimum absolute atomic E-state index is 0. The van der Waals surface area contributed by atoms with Crippen molar-refractivity contribution in [3.63, 3.8) is 0 Å². The molecule has 0 saturated carbocycles. The van der Waals surface area contributed by atoms with Gasteiger partial charge in [-0.3, -0.25) is 0 Å². The van der Waals surface area contributed by atoms with E-state index < -0.39 is 0 Å². The van der Waals surface area contributed by atoms with Crippen LogP contribution < -0.4 is 24.8 Å². The molecule has 1 rings (SSSR count). The van der Waals surface area contributed by atoms with Crippen molar-refractivity contribution in [2.45, 2.75) is 24.5 Å². The van der Waals surface area contributed by atoms with Crippen LogP contribution in [0.1, 0.15) is 18.4 Å². The summed E-state index contributed by atoms with van der Waals surface area (Å²) in [7, 11) is 0. The normalized spacial score (nSPS) is 8.46. The van der Waals surface area contributed by atoms with Gasteiger partial charge in [0.05, 0.1) is 0 Å². The van der Waals surface area contributed by atoms with Gasteiger partial charge in [-0.25, -0.2) is 0 Å². The van der Waals surface area contributed by atoms with E-state index in [4.69, 9.17) is 0 Å². The van der Waals surface area contributed by atoms with E-state index in [1.807, 2.05) is 0 Å². The maximum absolute atomic E-state index is 2.77. The van der Waals surface area contributed by atoms with Crippen LogP contribution in [-0.2, 0) is 6.42 Å². The Morgan fingerprint density at radius 1 is 0.923 bits per heavy atom. The van der Waals surface area contributed by atoms with Crippen LogP contribution in [0.5, 0.6) is 0 Å². The predicted octanol–water partition coefficient (Wildman–Crippen LogP) is -3.40. The average molecular weight is 231 g/mol. The molecule has 0 aliphatic rings. The number of hydrogen-bond donors (Lipinski definition) is 0. The van der Waals surface area contributed by atoms with Gasteiger partial charge >= 0.3 is 76.7 Å². The van der Waals surface area contributed by atoms with E-state index in [1.165, 1.54) is 30.1 Å². The van der Waals surface area contributed by atoms with Crippen molar-refractivity contribution in [2.24, 2.45) is 0 Å². The predicted molar refractivity (Wildman–Crippen MR) is 49.9 cm³/mol. The SMILES string of the molecule is [Al+2][CH2]CCCc1ccccc1.[Cl-].[Cl-]. The second kappa shape index (κ2) is 10.4. The third kappa shape index (κ3) is 7.41. The summed E-state index contributed by atoms with van der Waals surface area (Å²) in [4.78, 5) is 0. The zero-order valence-electron chi connectivity index (χ0n) is 7.55. The van der Waals surface area contributed by atoms with Crippen molar-refractivity contribution in [1.29, 1.82) is 0 Å². The van der Waals surface area contributed by atoms with Gasteiger partial charge in [0.1, 0.15) is 0 Å². The Kier molecular flexibility index (Phi) is 12.6. The molecule has 0 atom stereocenters. The number of halogens is 2. The Balaban J connectivity index is 0. The van der Waals surface area contributed by atoms with Crippen LogP contribution in [0.4, 0.5) is 0 Å². The molecule has 0 fully saturated rings. The van der Waals surface area contributed by atoms with Crippen LogP contribution in [0.3, 0.4) is 0 Å². The van der Waals surface area contributed by atoms with Crippen molar-refractivity contribution >= 4 is 16.3 Å². The van der Waals surface area contributed by atoms with Crippen LogP contribution in [0, 0.1) is 0 Å². The quantitative estimate of drug-likeness (QED) is 0.374. The first-order valence-electron chi connectivity index (χ1n) is 4.17. The molecule has 0 bridgehead atoms. The summed E-state index contributed by atoms with van der Waals surface area (Å²) in [6.45, 7) is 0. The van der Waals surface area contributed by atoms with Gasteiger partial charge in [0.25, 0.3) is 0 Å². The van der Waals surface area contributed by atoms with Gasteiger partial charge in [-0.05, 0) is 0 Å². The van der Waals surface area contributed by atoms with E-state index in [0.717, 1.165) is 0 Å². The first kappa shape index (κ1) is 15.8. The van der Waals surface area contributed by atoms with Crippen molar-refractivity contribution < 1.29 is 24.8 Å². The molecule has 0 spiro atoms. The Morgan fingerprint density at radius 2 is 1.54 bits per heavy atom. The van der Waals surface area contributed by atoms with E-state index in [9.17, 15) is 0 Å². The van der Waals surface area contributed by atoms with Crippen LogP contribution in [0.15, 0.2) is 30.3 Å². The van der Waals surface area contributed by atoms with Gasteiger partial charge in [-0.15, -0.1) is 0 Å². The largest absolute Gasteiger partial charge is 1.00 e. The average Bonchev–Trinajstić information content (AvgIpc) is 2.07. The number of rotatable bonds is 4. The molecule has 0 unspecified atom stereocenters. The number of aryl methyl sites for hydroxylation is 1. The first-order chi connectivity index (χ1) is 5.43. The van der Waals surface area contributed by atoms with Crippen LogP contribution >= 0.6 is 0 Å². The molecule has 1 aromatic carbocycles.